The van der Waals surface area contributed by atoms with E-state index in [0.29, 0.717) is 13.1 Å². The van der Waals surface area contributed by atoms with Crippen molar-refractivity contribution in [1.82, 2.24) is 4.57 Å². The minimum Gasteiger partial charge on any atom is -0.380 e. The van der Waals surface area contributed by atoms with Crippen LogP contribution in [0.25, 0.3) is 0 Å². The van der Waals surface area contributed by atoms with Crippen LogP contribution in [-0.4, -0.2) is 4.57 Å². The summed E-state index contributed by atoms with van der Waals surface area (Å²) in [5.41, 5.74) is 1.62. The number of nitrogens with zero attached hydrogens (tertiary/aromatic N) is 2. The summed E-state index contributed by atoms with van der Waals surface area (Å²) in [6.45, 7) is 3.14. The molecule has 0 saturated carbocycles. The highest BCUT2D eigenvalue weighted by Gasteiger charge is 2.03. The molecule has 2 aromatic rings. The lowest BCUT2D eigenvalue weighted by Crippen LogP contribution is -2.18. The van der Waals surface area contributed by atoms with E-state index in [1.807, 2.05) is 13.0 Å². The molecular formula is C16H16FN3O. The van der Waals surface area contributed by atoms with Crippen LogP contribution in [0.5, 0.6) is 0 Å². The largest absolute Gasteiger partial charge is 0.380 e. The Labute approximate surface area is 122 Å². The summed E-state index contributed by atoms with van der Waals surface area (Å²) >= 11 is 0. The first-order chi connectivity index (χ1) is 10.1. The van der Waals surface area contributed by atoms with Crippen molar-refractivity contribution in [3.05, 3.63) is 63.8 Å². The first-order valence-corrected chi connectivity index (χ1v) is 6.77. The second-order valence-electron chi connectivity index (χ2n) is 4.73. The molecule has 21 heavy (non-hydrogen) atoms. The molecule has 0 spiro atoms. The van der Waals surface area contributed by atoms with E-state index in [1.165, 1.54) is 18.2 Å². The summed E-state index contributed by atoms with van der Waals surface area (Å²) in [6.07, 6.45) is 2.65. The zero-order valence-corrected chi connectivity index (χ0v) is 11.8. The lowest BCUT2D eigenvalue weighted by molar-refractivity contribution is 0.623. The van der Waals surface area contributed by atoms with Crippen molar-refractivity contribution >= 4 is 5.69 Å². The van der Waals surface area contributed by atoms with E-state index in [9.17, 15) is 9.18 Å². The summed E-state index contributed by atoms with van der Waals surface area (Å²) in [5, 5.41) is 12.0. The molecule has 2 rings (SSSR count). The Morgan fingerprint density at radius 1 is 1.33 bits per heavy atom. The quantitative estimate of drug-likeness (QED) is 0.919. The van der Waals surface area contributed by atoms with Crippen molar-refractivity contribution in [3.8, 4) is 6.07 Å². The average Bonchev–Trinajstić information content (AvgIpc) is 2.49. The molecule has 1 aromatic heterocycles. The Kier molecular flexibility index (Phi) is 4.72. The van der Waals surface area contributed by atoms with E-state index in [0.717, 1.165) is 17.7 Å². The summed E-state index contributed by atoms with van der Waals surface area (Å²) in [4.78, 5) is 11.6. The molecule has 0 unspecified atom stereocenters. The van der Waals surface area contributed by atoms with Crippen LogP contribution in [0.2, 0.25) is 0 Å². The maximum atomic E-state index is 13.2. The van der Waals surface area contributed by atoms with Crippen LogP contribution >= 0.6 is 0 Å². The van der Waals surface area contributed by atoms with Gasteiger partial charge in [-0.1, -0.05) is 13.0 Å². The van der Waals surface area contributed by atoms with E-state index in [-0.39, 0.29) is 11.1 Å². The number of aryl methyl sites for hydroxylation is 1. The minimum atomic E-state index is -0.516. The SMILES string of the molecule is CCCn1cc(NCc2ccc(F)c(C#N)c2)ccc1=O. The predicted molar refractivity (Wildman–Crippen MR) is 79.4 cm³/mol. The number of benzene rings is 1. The maximum absolute atomic E-state index is 13.2. The van der Waals surface area contributed by atoms with Gasteiger partial charge in [0.15, 0.2) is 0 Å². The molecule has 108 valence electrons. The standard InChI is InChI=1S/C16H16FN3O/c1-2-7-20-11-14(4-6-16(20)21)19-10-12-3-5-15(17)13(8-12)9-18/h3-6,8,11,19H,2,7,10H2,1H3. The second kappa shape index (κ2) is 6.71. The van der Waals surface area contributed by atoms with Gasteiger partial charge in [-0.05, 0) is 30.2 Å². The van der Waals surface area contributed by atoms with Gasteiger partial charge in [0.25, 0.3) is 5.56 Å². The smallest absolute Gasteiger partial charge is 0.250 e. The highest BCUT2D eigenvalue weighted by Crippen LogP contribution is 2.12. The van der Waals surface area contributed by atoms with Gasteiger partial charge in [0, 0.05) is 25.4 Å². The number of nitrogens with one attached hydrogen (secondary N) is 1. The zero-order valence-electron chi connectivity index (χ0n) is 11.8. The van der Waals surface area contributed by atoms with Crippen molar-refractivity contribution in [2.75, 3.05) is 5.32 Å². The number of hydrogen-bond donors (Lipinski definition) is 1. The lowest BCUT2D eigenvalue weighted by Gasteiger charge is -2.10. The molecule has 0 atom stereocenters. The highest BCUT2D eigenvalue weighted by molar-refractivity contribution is 5.42. The van der Waals surface area contributed by atoms with Crippen LogP contribution in [0.1, 0.15) is 24.5 Å². The third-order valence-electron chi connectivity index (χ3n) is 3.10. The Morgan fingerprint density at radius 3 is 2.86 bits per heavy atom. The second-order valence-corrected chi connectivity index (χ2v) is 4.73. The van der Waals surface area contributed by atoms with Gasteiger partial charge in [-0.2, -0.15) is 5.26 Å². The monoisotopic (exact) mass is 285 g/mol. The Morgan fingerprint density at radius 2 is 2.14 bits per heavy atom. The fraction of sp³-hybridized carbons (Fsp3) is 0.250. The number of aromatic nitrogens is 1. The summed E-state index contributed by atoms with van der Waals surface area (Å²) in [5.74, 6) is -0.516. The van der Waals surface area contributed by atoms with Crippen molar-refractivity contribution in [2.24, 2.45) is 0 Å². The third-order valence-corrected chi connectivity index (χ3v) is 3.10. The van der Waals surface area contributed by atoms with Gasteiger partial charge in [-0.25, -0.2) is 4.39 Å². The first-order valence-electron chi connectivity index (χ1n) is 6.77. The molecule has 0 saturated heterocycles. The van der Waals surface area contributed by atoms with Gasteiger partial charge in [0.05, 0.1) is 11.3 Å². The van der Waals surface area contributed by atoms with Crippen LogP contribution in [0.4, 0.5) is 10.1 Å². The molecule has 0 aliphatic heterocycles. The number of rotatable bonds is 5. The molecule has 1 aromatic carbocycles. The lowest BCUT2D eigenvalue weighted by atomic mass is 10.1. The van der Waals surface area contributed by atoms with Gasteiger partial charge in [0.2, 0.25) is 0 Å². The topological polar surface area (TPSA) is 57.8 Å². The third kappa shape index (κ3) is 3.69. The van der Waals surface area contributed by atoms with E-state index in [1.54, 1.807) is 22.9 Å². The van der Waals surface area contributed by atoms with Crippen LogP contribution in [0.15, 0.2) is 41.3 Å². The van der Waals surface area contributed by atoms with E-state index >= 15 is 0 Å². The number of anilines is 1. The predicted octanol–water partition coefficient (Wildman–Crippen LogP) is 2.88. The van der Waals surface area contributed by atoms with Crippen LogP contribution < -0.4 is 10.9 Å². The van der Waals surface area contributed by atoms with Crippen LogP contribution in [0.3, 0.4) is 0 Å². The van der Waals surface area contributed by atoms with E-state index in [2.05, 4.69) is 5.32 Å². The number of halogens is 1. The van der Waals surface area contributed by atoms with Gasteiger partial charge in [-0.15, -0.1) is 0 Å². The molecule has 1 N–H and O–H groups in total. The summed E-state index contributed by atoms with van der Waals surface area (Å²) in [7, 11) is 0. The van der Waals surface area contributed by atoms with Crippen molar-refractivity contribution < 1.29 is 4.39 Å². The number of pyridine rings is 1. The van der Waals surface area contributed by atoms with Gasteiger partial charge < -0.3 is 9.88 Å². The Hall–Kier alpha value is -2.61. The fourth-order valence-electron chi connectivity index (χ4n) is 2.02. The van der Waals surface area contributed by atoms with E-state index < -0.39 is 5.82 Å². The van der Waals surface area contributed by atoms with E-state index in [4.69, 9.17) is 5.26 Å². The van der Waals surface area contributed by atoms with Crippen LogP contribution in [0, 0.1) is 17.1 Å². The van der Waals surface area contributed by atoms with Gasteiger partial charge >= 0.3 is 0 Å². The fourth-order valence-corrected chi connectivity index (χ4v) is 2.02. The van der Waals surface area contributed by atoms with Crippen molar-refractivity contribution in [2.45, 2.75) is 26.4 Å². The van der Waals surface area contributed by atoms with Gasteiger partial charge in [-0.3, -0.25) is 4.79 Å². The molecule has 5 heteroatoms. The first kappa shape index (κ1) is 14.8. The minimum absolute atomic E-state index is 0.0315. The molecule has 0 radical (unpaired) electrons. The Balaban J connectivity index is 2.11. The van der Waals surface area contributed by atoms with Crippen molar-refractivity contribution in [1.29, 1.82) is 5.26 Å². The molecule has 0 fully saturated rings. The molecule has 1 heterocycles. The molecule has 0 amide bonds. The number of hydrogen-bond acceptors (Lipinski definition) is 3. The molecule has 0 bridgehead atoms. The molecule has 4 nitrogen and oxygen atoms in total. The Bertz CT molecular complexity index is 731. The van der Waals surface area contributed by atoms with Crippen molar-refractivity contribution in [3.63, 3.8) is 0 Å². The molecule has 0 aliphatic carbocycles. The van der Waals surface area contributed by atoms with Gasteiger partial charge in [0.1, 0.15) is 11.9 Å². The molecular weight excluding hydrogens is 269 g/mol. The average molecular weight is 285 g/mol. The zero-order chi connectivity index (χ0) is 15.2. The highest BCUT2D eigenvalue weighted by atomic mass is 19.1. The summed E-state index contributed by atoms with van der Waals surface area (Å²) < 4.78 is 14.9. The maximum Gasteiger partial charge on any atom is 0.250 e. The normalized spacial score (nSPS) is 10.1. The molecule has 0 aliphatic rings. The van der Waals surface area contributed by atoms with Crippen LogP contribution in [-0.2, 0) is 13.1 Å². The number of nitriles is 1. The summed E-state index contributed by atoms with van der Waals surface area (Å²) in [6, 6.07) is 9.48.